The summed E-state index contributed by atoms with van der Waals surface area (Å²) in [5, 5.41) is 6.66. The minimum absolute atomic E-state index is 0.595. The molecule has 0 N–H and O–H groups in total. The van der Waals surface area contributed by atoms with Crippen LogP contribution in [0.15, 0.2) is 205 Å². The van der Waals surface area contributed by atoms with Crippen LogP contribution in [0, 0.1) is 0 Å². The SMILES string of the molecule is c1ccc(-c2ccc3cc(-c4nc(-c5cc(-c6ccccc6)c6ccccc6c5)nc(-c5ccc6oc7cccc(-c8ccccc8)c7c6c5)n4)ccc3c2)cc1. The monoisotopic (exact) mass is 727 g/mol. The van der Waals surface area contributed by atoms with Crippen LogP contribution in [-0.4, -0.2) is 15.0 Å². The molecule has 266 valence electrons. The number of aromatic nitrogens is 3. The van der Waals surface area contributed by atoms with Gasteiger partial charge in [0.25, 0.3) is 0 Å². The minimum atomic E-state index is 0.595. The molecular weight excluding hydrogens is 695 g/mol. The molecular formula is C53H33N3O. The van der Waals surface area contributed by atoms with Gasteiger partial charge in [0.15, 0.2) is 17.5 Å². The molecule has 0 aliphatic rings. The summed E-state index contributed by atoms with van der Waals surface area (Å²) in [4.78, 5) is 15.7. The third-order valence-corrected chi connectivity index (χ3v) is 10.9. The van der Waals surface area contributed by atoms with Crippen molar-refractivity contribution in [1.82, 2.24) is 15.0 Å². The van der Waals surface area contributed by atoms with E-state index in [1.165, 1.54) is 16.5 Å². The first-order valence-corrected chi connectivity index (χ1v) is 19.2. The highest BCUT2D eigenvalue weighted by Crippen LogP contribution is 2.39. The zero-order chi connectivity index (χ0) is 37.7. The molecule has 0 saturated carbocycles. The normalized spacial score (nSPS) is 11.5. The Morgan fingerprint density at radius 2 is 0.825 bits per heavy atom. The number of benzene rings is 9. The largest absolute Gasteiger partial charge is 0.456 e. The molecule has 0 aliphatic carbocycles. The maximum atomic E-state index is 6.41. The Morgan fingerprint density at radius 1 is 0.281 bits per heavy atom. The number of nitrogens with zero attached hydrogens (tertiary/aromatic N) is 3. The van der Waals surface area contributed by atoms with Gasteiger partial charge in [0.2, 0.25) is 0 Å². The van der Waals surface area contributed by atoms with Gasteiger partial charge in [0, 0.05) is 27.5 Å². The molecule has 0 radical (unpaired) electrons. The predicted molar refractivity (Wildman–Crippen MR) is 235 cm³/mol. The molecule has 0 atom stereocenters. The molecule has 11 rings (SSSR count). The quantitative estimate of drug-likeness (QED) is 0.171. The second kappa shape index (κ2) is 13.6. The topological polar surface area (TPSA) is 51.8 Å². The first-order valence-electron chi connectivity index (χ1n) is 19.2. The number of fused-ring (bicyclic) bond motifs is 5. The van der Waals surface area contributed by atoms with Crippen molar-refractivity contribution in [3.05, 3.63) is 200 Å². The summed E-state index contributed by atoms with van der Waals surface area (Å²) < 4.78 is 6.41. The molecule has 11 aromatic rings. The van der Waals surface area contributed by atoms with Gasteiger partial charge in [-0.1, -0.05) is 152 Å². The summed E-state index contributed by atoms with van der Waals surface area (Å²) in [6.07, 6.45) is 0. The molecule has 2 aromatic heterocycles. The van der Waals surface area contributed by atoms with Gasteiger partial charge >= 0.3 is 0 Å². The van der Waals surface area contributed by atoms with Crippen molar-refractivity contribution in [2.75, 3.05) is 0 Å². The van der Waals surface area contributed by atoms with Crippen LogP contribution in [0.5, 0.6) is 0 Å². The fourth-order valence-electron chi connectivity index (χ4n) is 8.08. The lowest BCUT2D eigenvalue weighted by atomic mass is 9.95. The molecule has 0 aliphatic heterocycles. The van der Waals surface area contributed by atoms with Crippen LogP contribution in [0.25, 0.3) is 111 Å². The summed E-state index contributed by atoms with van der Waals surface area (Å²) in [7, 11) is 0. The van der Waals surface area contributed by atoms with Gasteiger partial charge < -0.3 is 4.42 Å². The summed E-state index contributed by atoms with van der Waals surface area (Å²) >= 11 is 0. The Balaban J connectivity index is 1.11. The molecule has 0 bridgehead atoms. The molecule has 4 nitrogen and oxygen atoms in total. The molecule has 0 amide bonds. The lowest BCUT2D eigenvalue weighted by molar-refractivity contribution is 0.669. The number of hydrogen-bond donors (Lipinski definition) is 0. The van der Waals surface area contributed by atoms with Gasteiger partial charge in [0.05, 0.1) is 0 Å². The van der Waals surface area contributed by atoms with E-state index in [1.54, 1.807) is 0 Å². The van der Waals surface area contributed by atoms with Crippen LogP contribution in [0.2, 0.25) is 0 Å². The van der Waals surface area contributed by atoms with E-state index in [0.29, 0.717) is 17.5 Å². The minimum Gasteiger partial charge on any atom is -0.456 e. The Kier molecular flexibility index (Phi) is 7.78. The van der Waals surface area contributed by atoms with E-state index in [1.807, 2.05) is 24.3 Å². The molecule has 0 unspecified atom stereocenters. The van der Waals surface area contributed by atoms with Gasteiger partial charge in [-0.05, 0) is 103 Å². The maximum Gasteiger partial charge on any atom is 0.164 e. The van der Waals surface area contributed by atoms with Gasteiger partial charge in [-0.25, -0.2) is 15.0 Å². The first-order chi connectivity index (χ1) is 28.2. The van der Waals surface area contributed by atoms with Crippen molar-refractivity contribution in [2.45, 2.75) is 0 Å². The number of hydrogen-bond acceptors (Lipinski definition) is 4. The zero-order valence-electron chi connectivity index (χ0n) is 30.8. The van der Waals surface area contributed by atoms with Crippen LogP contribution < -0.4 is 0 Å². The smallest absolute Gasteiger partial charge is 0.164 e. The number of furan rings is 1. The summed E-state index contributed by atoms with van der Waals surface area (Å²) in [5.41, 5.74) is 11.3. The average molecular weight is 728 g/mol. The summed E-state index contributed by atoms with van der Waals surface area (Å²) in [5.74, 6) is 1.82. The van der Waals surface area contributed by atoms with Crippen LogP contribution >= 0.6 is 0 Å². The van der Waals surface area contributed by atoms with E-state index in [9.17, 15) is 0 Å². The van der Waals surface area contributed by atoms with Crippen LogP contribution in [0.3, 0.4) is 0 Å². The maximum absolute atomic E-state index is 6.41. The molecule has 57 heavy (non-hydrogen) atoms. The van der Waals surface area contributed by atoms with Gasteiger partial charge in [-0.2, -0.15) is 0 Å². The molecule has 0 saturated heterocycles. The Labute approximate surface area is 329 Å². The third kappa shape index (κ3) is 5.92. The van der Waals surface area contributed by atoms with Gasteiger partial charge in [-0.15, -0.1) is 0 Å². The highest BCUT2D eigenvalue weighted by Gasteiger charge is 2.18. The van der Waals surface area contributed by atoms with E-state index in [4.69, 9.17) is 19.4 Å². The lowest BCUT2D eigenvalue weighted by Crippen LogP contribution is -2.00. The van der Waals surface area contributed by atoms with E-state index in [-0.39, 0.29) is 0 Å². The Hall–Kier alpha value is -7.69. The molecule has 4 heteroatoms. The second-order valence-electron chi connectivity index (χ2n) is 14.4. The average Bonchev–Trinajstić information content (AvgIpc) is 3.67. The Bertz CT molecular complexity index is 3280. The van der Waals surface area contributed by atoms with Crippen molar-refractivity contribution in [2.24, 2.45) is 0 Å². The van der Waals surface area contributed by atoms with E-state index >= 15 is 0 Å². The number of rotatable bonds is 6. The standard InChI is InChI=1S/C53H33N3O/c1-4-13-34(14-5-1)37-23-24-39-30-41(26-25-38(39)29-37)51-54-52(42-27-28-48-47(32-42)50-45(21-12-22-49(50)57-48)35-15-6-2-7-16-35)56-53(55-51)43-31-40-19-10-11-20-44(40)46(33-43)36-17-8-3-9-18-36/h1-33H. The van der Waals surface area contributed by atoms with Crippen LogP contribution in [-0.2, 0) is 0 Å². The van der Waals surface area contributed by atoms with Gasteiger partial charge in [0.1, 0.15) is 11.2 Å². The Morgan fingerprint density at radius 3 is 1.54 bits per heavy atom. The van der Waals surface area contributed by atoms with Gasteiger partial charge in [-0.3, -0.25) is 0 Å². The van der Waals surface area contributed by atoms with Crippen LogP contribution in [0.4, 0.5) is 0 Å². The van der Waals surface area contributed by atoms with Crippen molar-refractivity contribution < 1.29 is 4.42 Å². The van der Waals surface area contributed by atoms with Crippen molar-refractivity contribution in [3.8, 4) is 67.5 Å². The van der Waals surface area contributed by atoms with Crippen molar-refractivity contribution in [1.29, 1.82) is 0 Å². The molecule has 9 aromatic carbocycles. The second-order valence-corrected chi connectivity index (χ2v) is 14.4. The fourth-order valence-corrected chi connectivity index (χ4v) is 8.08. The van der Waals surface area contributed by atoms with Crippen molar-refractivity contribution in [3.63, 3.8) is 0 Å². The van der Waals surface area contributed by atoms with E-state index in [2.05, 4.69) is 176 Å². The lowest BCUT2D eigenvalue weighted by Gasteiger charge is -2.13. The van der Waals surface area contributed by atoms with E-state index < -0.39 is 0 Å². The summed E-state index contributed by atoms with van der Waals surface area (Å²) in [6, 6.07) is 70.0. The van der Waals surface area contributed by atoms with Crippen molar-refractivity contribution >= 4 is 43.5 Å². The zero-order valence-corrected chi connectivity index (χ0v) is 30.8. The molecule has 0 spiro atoms. The molecule has 2 heterocycles. The highest BCUT2D eigenvalue weighted by atomic mass is 16.3. The fraction of sp³-hybridized carbons (Fsp3) is 0. The first kappa shape index (κ1) is 32.7. The molecule has 0 fully saturated rings. The highest BCUT2D eigenvalue weighted by molar-refractivity contribution is 6.13. The third-order valence-electron chi connectivity index (χ3n) is 10.9. The summed E-state index contributed by atoms with van der Waals surface area (Å²) in [6.45, 7) is 0. The van der Waals surface area contributed by atoms with E-state index in [0.717, 1.165) is 77.0 Å². The predicted octanol–water partition coefficient (Wildman–Crippen LogP) is 14.1. The van der Waals surface area contributed by atoms with Crippen LogP contribution in [0.1, 0.15) is 0 Å².